The molecule has 0 saturated heterocycles. The lowest BCUT2D eigenvalue weighted by atomic mass is 10.2. The first-order chi connectivity index (χ1) is 13.6. The van der Waals surface area contributed by atoms with E-state index in [0.717, 1.165) is 0 Å². The molecule has 0 radical (unpaired) electrons. The van der Waals surface area contributed by atoms with Crippen LogP contribution in [0.1, 0.15) is 11.3 Å². The van der Waals surface area contributed by atoms with Gasteiger partial charge in [0, 0.05) is 10.6 Å². The Bertz CT molecular complexity index is 892. The summed E-state index contributed by atoms with van der Waals surface area (Å²) in [6.07, 6.45) is 1.52. The minimum atomic E-state index is -0.471. The molecule has 0 saturated carbocycles. The van der Waals surface area contributed by atoms with Crippen molar-refractivity contribution in [1.82, 2.24) is 4.90 Å². The van der Waals surface area contributed by atoms with Crippen molar-refractivity contribution in [2.45, 2.75) is 13.1 Å². The molecule has 5 nitrogen and oxygen atoms in total. The van der Waals surface area contributed by atoms with E-state index in [4.69, 9.17) is 25.5 Å². The molecule has 3 rings (SSSR count). The predicted molar refractivity (Wildman–Crippen MR) is 103 cm³/mol. The Morgan fingerprint density at radius 1 is 1.07 bits per heavy atom. The van der Waals surface area contributed by atoms with Gasteiger partial charge in [0.05, 0.1) is 26.5 Å². The first-order valence-electron chi connectivity index (χ1n) is 8.56. The minimum absolute atomic E-state index is 0.00296. The Kier molecular flexibility index (Phi) is 6.55. The summed E-state index contributed by atoms with van der Waals surface area (Å²) in [7, 11) is 1.57. The molecule has 0 unspecified atom stereocenters. The van der Waals surface area contributed by atoms with Gasteiger partial charge in [-0.15, -0.1) is 0 Å². The summed E-state index contributed by atoms with van der Waals surface area (Å²) >= 11 is 6.12. The van der Waals surface area contributed by atoms with Crippen molar-refractivity contribution in [3.63, 3.8) is 0 Å². The molecule has 146 valence electrons. The summed E-state index contributed by atoms with van der Waals surface area (Å²) in [5.74, 6) is 0.987. The van der Waals surface area contributed by atoms with Crippen LogP contribution in [0.3, 0.4) is 0 Å². The van der Waals surface area contributed by atoms with Crippen LogP contribution in [0.25, 0.3) is 0 Å². The summed E-state index contributed by atoms with van der Waals surface area (Å²) in [4.78, 5) is 14.2. The predicted octanol–water partition coefficient (Wildman–Crippen LogP) is 4.69. The number of furan rings is 1. The van der Waals surface area contributed by atoms with E-state index in [9.17, 15) is 9.18 Å². The first kappa shape index (κ1) is 19.8. The van der Waals surface area contributed by atoms with E-state index in [2.05, 4.69) is 0 Å². The fourth-order valence-corrected chi connectivity index (χ4v) is 2.83. The van der Waals surface area contributed by atoms with Gasteiger partial charge in [0.25, 0.3) is 5.91 Å². The highest BCUT2D eigenvalue weighted by atomic mass is 35.5. The van der Waals surface area contributed by atoms with Crippen molar-refractivity contribution in [3.8, 4) is 11.5 Å². The molecule has 0 bridgehead atoms. The highest BCUT2D eigenvalue weighted by Crippen LogP contribution is 2.22. The standard InChI is InChI=1S/C21H19ClFNO4/c1-26-15-7-9-16(10-8-15)28-14-21(25)24(12-17-4-3-11-27-17)13-18-19(22)5-2-6-20(18)23/h2-11H,12-14H2,1H3. The van der Waals surface area contributed by atoms with E-state index in [1.807, 2.05) is 0 Å². The minimum Gasteiger partial charge on any atom is -0.497 e. The Morgan fingerprint density at radius 3 is 2.46 bits per heavy atom. The third kappa shape index (κ3) is 5.04. The summed E-state index contributed by atoms with van der Waals surface area (Å²) in [5.41, 5.74) is 0.244. The fraction of sp³-hybridized carbons (Fsp3) is 0.190. The van der Waals surface area contributed by atoms with Crippen molar-refractivity contribution in [2.75, 3.05) is 13.7 Å². The van der Waals surface area contributed by atoms with Crippen LogP contribution in [0, 0.1) is 5.82 Å². The van der Waals surface area contributed by atoms with Crippen molar-refractivity contribution in [1.29, 1.82) is 0 Å². The number of methoxy groups -OCH3 is 1. The molecule has 7 heteroatoms. The van der Waals surface area contributed by atoms with Gasteiger partial charge in [0.2, 0.25) is 0 Å². The van der Waals surface area contributed by atoms with Crippen LogP contribution in [0.5, 0.6) is 11.5 Å². The average molecular weight is 404 g/mol. The van der Waals surface area contributed by atoms with E-state index >= 15 is 0 Å². The second-order valence-electron chi connectivity index (χ2n) is 5.99. The SMILES string of the molecule is COc1ccc(OCC(=O)N(Cc2ccco2)Cc2c(F)cccc2Cl)cc1. The van der Waals surface area contributed by atoms with E-state index in [1.54, 1.807) is 49.6 Å². The Labute approximate surface area is 167 Å². The van der Waals surface area contributed by atoms with Crippen LogP contribution in [0.2, 0.25) is 5.02 Å². The number of halogens is 2. The fourth-order valence-electron chi connectivity index (χ4n) is 2.61. The Balaban J connectivity index is 1.72. The van der Waals surface area contributed by atoms with Gasteiger partial charge in [-0.2, -0.15) is 0 Å². The summed E-state index contributed by atoms with van der Waals surface area (Å²) in [6, 6.07) is 14.8. The number of amides is 1. The molecule has 1 aromatic heterocycles. The summed E-state index contributed by atoms with van der Waals surface area (Å²) < 4.78 is 30.2. The van der Waals surface area contributed by atoms with Crippen LogP contribution >= 0.6 is 11.6 Å². The van der Waals surface area contributed by atoms with Crippen molar-refractivity contribution < 1.29 is 23.1 Å². The van der Waals surface area contributed by atoms with Gasteiger partial charge in [-0.3, -0.25) is 4.79 Å². The third-order valence-corrected chi connectivity index (χ3v) is 4.47. The molecule has 3 aromatic rings. The quantitative estimate of drug-likeness (QED) is 0.547. The maximum atomic E-state index is 14.2. The zero-order valence-electron chi connectivity index (χ0n) is 15.2. The summed E-state index contributed by atoms with van der Waals surface area (Å²) in [5, 5.41) is 0.258. The molecule has 0 fully saturated rings. The van der Waals surface area contributed by atoms with Gasteiger partial charge in [-0.25, -0.2) is 4.39 Å². The van der Waals surface area contributed by atoms with Crippen molar-refractivity contribution in [2.24, 2.45) is 0 Å². The van der Waals surface area contributed by atoms with Crippen LogP contribution in [-0.4, -0.2) is 24.5 Å². The zero-order chi connectivity index (χ0) is 19.9. The third-order valence-electron chi connectivity index (χ3n) is 4.11. The molecule has 0 aliphatic rings. The molecule has 1 heterocycles. The number of carbonyl (C=O) groups is 1. The number of carbonyl (C=O) groups excluding carboxylic acids is 1. The molecular formula is C21H19ClFNO4. The largest absolute Gasteiger partial charge is 0.497 e. The second kappa shape index (κ2) is 9.28. The van der Waals surface area contributed by atoms with Crippen LogP contribution in [0.4, 0.5) is 4.39 Å². The Hall–Kier alpha value is -2.99. The van der Waals surface area contributed by atoms with Gasteiger partial charge >= 0.3 is 0 Å². The maximum absolute atomic E-state index is 14.2. The molecule has 1 amide bonds. The van der Waals surface area contributed by atoms with Crippen LogP contribution in [0.15, 0.2) is 65.3 Å². The lowest BCUT2D eigenvalue weighted by Gasteiger charge is -2.23. The number of benzene rings is 2. The molecular weight excluding hydrogens is 385 g/mol. The molecule has 0 atom stereocenters. The monoisotopic (exact) mass is 403 g/mol. The van der Waals surface area contributed by atoms with Gasteiger partial charge in [0.15, 0.2) is 6.61 Å². The highest BCUT2D eigenvalue weighted by Gasteiger charge is 2.20. The highest BCUT2D eigenvalue weighted by molar-refractivity contribution is 6.31. The lowest BCUT2D eigenvalue weighted by Crippen LogP contribution is -2.34. The number of hydrogen-bond donors (Lipinski definition) is 0. The average Bonchev–Trinajstić information content (AvgIpc) is 3.21. The maximum Gasteiger partial charge on any atom is 0.261 e. The molecule has 0 N–H and O–H groups in total. The molecule has 0 aliphatic heterocycles. The van der Waals surface area contributed by atoms with Crippen molar-refractivity contribution >= 4 is 17.5 Å². The van der Waals surface area contributed by atoms with Gasteiger partial charge in [0.1, 0.15) is 23.1 Å². The van der Waals surface area contributed by atoms with Gasteiger partial charge in [-0.1, -0.05) is 17.7 Å². The van der Waals surface area contributed by atoms with Crippen LogP contribution < -0.4 is 9.47 Å². The van der Waals surface area contributed by atoms with E-state index in [0.29, 0.717) is 17.3 Å². The number of rotatable bonds is 8. The second-order valence-corrected chi connectivity index (χ2v) is 6.40. The van der Waals surface area contributed by atoms with E-state index < -0.39 is 5.82 Å². The molecule has 0 aliphatic carbocycles. The lowest BCUT2D eigenvalue weighted by molar-refractivity contribution is -0.134. The number of hydrogen-bond acceptors (Lipinski definition) is 4. The van der Waals surface area contributed by atoms with E-state index in [-0.39, 0.29) is 36.2 Å². The van der Waals surface area contributed by atoms with Gasteiger partial charge < -0.3 is 18.8 Å². The van der Waals surface area contributed by atoms with Crippen LogP contribution in [-0.2, 0) is 17.9 Å². The first-order valence-corrected chi connectivity index (χ1v) is 8.94. The summed E-state index contributed by atoms with van der Waals surface area (Å²) in [6.45, 7) is -0.0431. The molecule has 0 spiro atoms. The Morgan fingerprint density at radius 2 is 1.82 bits per heavy atom. The zero-order valence-corrected chi connectivity index (χ0v) is 16.0. The molecule has 28 heavy (non-hydrogen) atoms. The number of ether oxygens (including phenoxy) is 2. The van der Waals surface area contributed by atoms with E-state index in [1.165, 1.54) is 23.3 Å². The normalized spacial score (nSPS) is 10.5. The van der Waals surface area contributed by atoms with Crippen molar-refractivity contribution in [3.05, 3.63) is 83.0 Å². The number of nitrogens with zero attached hydrogens (tertiary/aromatic N) is 1. The van der Waals surface area contributed by atoms with Gasteiger partial charge in [-0.05, 0) is 48.5 Å². The molecule has 2 aromatic carbocycles. The smallest absolute Gasteiger partial charge is 0.261 e. The topological polar surface area (TPSA) is 51.9 Å².